The molecule has 1 aliphatic rings. The second kappa shape index (κ2) is 6.53. The number of carbonyl (C=O) groups is 2. The molecule has 0 saturated heterocycles. The molecule has 0 saturated carbocycles. The normalized spacial score (nSPS) is 16.2. The predicted octanol–water partition coefficient (Wildman–Crippen LogP) is 2.19. The van der Waals surface area contributed by atoms with E-state index < -0.39 is 40.1 Å². The summed E-state index contributed by atoms with van der Waals surface area (Å²) in [5, 5.41) is 4.09. The molecular weight excluding hydrogens is 368 g/mol. The number of sulfonamides is 1. The number of hydrogen-bond donors (Lipinski definition) is 1. The molecule has 27 heavy (non-hydrogen) atoms. The van der Waals surface area contributed by atoms with Crippen molar-refractivity contribution in [3.05, 3.63) is 36.4 Å². The van der Waals surface area contributed by atoms with Crippen LogP contribution in [0.2, 0.25) is 0 Å². The molecule has 8 heteroatoms. The fourth-order valence-corrected chi connectivity index (χ4v) is 4.66. The van der Waals surface area contributed by atoms with E-state index in [0.29, 0.717) is 11.1 Å². The highest BCUT2D eigenvalue weighted by Gasteiger charge is 2.37. The summed E-state index contributed by atoms with van der Waals surface area (Å²) >= 11 is 0. The molecule has 1 N–H and O–H groups in total. The van der Waals surface area contributed by atoms with Crippen LogP contribution in [0.25, 0.3) is 10.8 Å². The highest BCUT2D eigenvalue weighted by molar-refractivity contribution is 7.93. The van der Waals surface area contributed by atoms with Crippen molar-refractivity contribution in [2.75, 3.05) is 10.8 Å². The summed E-state index contributed by atoms with van der Waals surface area (Å²) in [5.74, 6) is -1.23. The molecule has 2 aromatic carbocycles. The molecule has 7 nitrogen and oxygen atoms in total. The molecule has 0 aliphatic carbocycles. The number of hydrogen-bond acceptors (Lipinski definition) is 5. The summed E-state index contributed by atoms with van der Waals surface area (Å²) in [6, 6.07) is 10.2. The monoisotopic (exact) mass is 390 g/mol. The number of esters is 1. The fourth-order valence-electron chi connectivity index (χ4n) is 3.00. The molecule has 0 fully saturated rings. The molecule has 1 aliphatic heterocycles. The average molecular weight is 390 g/mol. The van der Waals surface area contributed by atoms with Crippen LogP contribution in [-0.4, -0.2) is 38.5 Å². The van der Waals surface area contributed by atoms with Crippen molar-refractivity contribution < 1.29 is 22.7 Å². The van der Waals surface area contributed by atoms with Crippen LogP contribution < -0.4 is 9.62 Å². The predicted molar refractivity (Wildman–Crippen MR) is 102 cm³/mol. The molecule has 3 rings (SSSR count). The van der Waals surface area contributed by atoms with E-state index in [-0.39, 0.29) is 4.90 Å². The lowest BCUT2D eigenvalue weighted by Gasteiger charge is -2.24. The summed E-state index contributed by atoms with van der Waals surface area (Å²) in [6.07, 6.45) is -1.03. The lowest BCUT2D eigenvalue weighted by molar-refractivity contribution is -0.153. The standard InChI is InChI=1S/C19H22N2O5S/c1-12(18(23)20-19(2,3)4)26-16(22)11-21-14-9-5-7-13-8-6-10-15(17(13)14)27(21,24)25/h5-10,12H,11H2,1-4H3,(H,20,23)/t12-/m0/s1. The Morgan fingerprint density at radius 2 is 1.78 bits per heavy atom. The van der Waals surface area contributed by atoms with E-state index in [0.717, 1.165) is 9.69 Å². The molecular formula is C19H22N2O5S. The van der Waals surface area contributed by atoms with E-state index in [1.54, 1.807) is 18.2 Å². The van der Waals surface area contributed by atoms with Crippen molar-refractivity contribution in [1.82, 2.24) is 5.32 Å². The molecule has 0 bridgehead atoms. The second-order valence-corrected chi connectivity index (χ2v) is 9.35. The Morgan fingerprint density at radius 1 is 1.15 bits per heavy atom. The van der Waals surface area contributed by atoms with Gasteiger partial charge in [-0.05, 0) is 45.2 Å². The van der Waals surface area contributed by atoms with Crippen LogP contribution in [0, 0.1) is 0 Å². The lowest BCUT2D eigenvalue weighted by atomic mass is 10.1. The summed E-state index contributed by atoms with van der Waals surface area (Å²) in [5.41, 5.74) is -0.0281. The van der Waals surface area contributed by atoms with E-state index in [1.165, 1.54) is 13.0 Å². The van der Waals surface area contributed by atoms with Gasteiger partial charge in [-0.25, -0.2) is 8.42 Å². The van der Waals surface area contributed by atoms with Crippen LogP contribution in [0.15, 0.2) is 41.3 Å². The Kier molecular flexibility index (Phi) is 4.63. The number of benzene rings is 2. The smallest absolute Gasteiger partial charge is 0.327 e. The van der Waals surface area contributed by atoms with Crippen molar-refractivity contribution in [2.45, 2.75) is 44.2 Å². The number of nitrogens with zero attached hydrogens (tertiary/aromatic N) is 1. The zero-order valence-electron chi connectivity index (χ0n) is 15.6. The van der Waals surface area contributed by atoms with Crippen LogP contribution in [0.1, 0.15) is 27.7 Å². The van der Waals surface area contributed by atoms with Crippen LogP contribution in [0.3, 0.4) is 0 Å². The van der Waals surface area contributed by atoms with E-state index in [2.05, 4.69) is 5.32 Å². The summed E-state index contributed by atoms with van der Waals surface area (Å²) in [4.78, 5) is 24.6. The number of rotatable bonds is 4. The van der Waals surface area contributed by atoms with Gasteiger partial charge in [0.05, 0.1) is 10.6 Å². The van der Waals surface area contributed by atoms with Gasteiger partial charge in [0.25, 0.3) is 15.9 Å². The van der Waals surface area contributed by atoms with Crippen molar-refractivity contribution >= 4 is 38.4 Å². The lowest BCUT2D eigenvalue weighted by Crippen LogP contribution is -2.47. The molecule has 0 aromatic heterocycles. The Labute approximate surface area is 158 Å². The number of carbonyl (C=O) groups excluding carboxylic acids is 2. The zero-order valence-corrected chi connectivity index (χ0v) is 16.5. The highest BCUT2D eigenvalue weighted by atomic mass is 32.2. The first-order valence-electron chi connectivity index (χ1n) is 8.57. The Balaban J connectivity index is 1.80. The van der Waals surface area contributed by atoms with E-state index in [1.807, 2.05) is 32.9 Å². The van der Waals surface area contributed by atoms with Gasteiger partial charge in [-0.15, -0.1) is 0 Å². The number of amides is 1. The maximum absolute atomic E-state index is 12.8. The minimum atomic E-state index is -3.85. The van der Waals surface area contributed by atoms with Crippen LogP contribution >= 0.6 is 0 Å². The number of ether oxygens (including phenoxy) is 1. The SMILES string of the molecule is C[C@H](OC(=O)CN1c2cccc3cccc(c23)S1(=O)=O)C(=O)NC(C)(C)C. The van der Waals surface area contributed by atoms with Crippen molar-refractivity contribution in [2.24, 2.45) is 0 Å². The first-order valence-corrected chi connectivity index (χ1v) is 10.0. The van der Waals surface area contributed by atoms with Gasteiger partial charge in [-0.2, -0.15) is 0 Å². The summed E-state index contributed by atoms with van der Waals surface area (Å²) in [7, 11) is -3.85. The minimum Gasteiger partial charge on any atom is -0.451 e. The maximum atomic E-state index is 12.8. The molecule has 1 heterocycles. The van der Waals surface area contributed by atoms with Crippen LogP contribution in [-0.2, 0) is 24.3 Å². The van der Waals surface area contributed by atoms with Crippen LogP contribution in [0.4, 0.5) is 5.69 Å². The van der Waals surface area contributed by atoms with Gasteiger partial charge in [0, 0.05) is 10.9 Å². The topological polar surface area (TPSA) is 92.8 Å². The van der Waals surface area contributed by atoms with Crippen molar-refractivity contribution in [3.63, 3.8) is 0 Å². The molecule has 144 valence electrons. The van der Waals surface area contributed by atoms with Gasteiger partial charge < -0.3 is 10.1 Å². The largest absolute Gasteiger partial charge is 0.451 e. The molecule has 0 unspecified atom stereocenters. The Morgan fingerprint density at radius 3 is 2.41 bits per heavy atom. The quantitative estimate of drug-likeness (QED) is 0.808. The number of anilines is 1. The Bertz CT molecular complexity index is 1020. The van der Waals surface area contributed by atoms with E-state index >= 15 is 0 Å². The summed E-state index contributed by atoms with van der Waals surface area (Å²) < 4.78 is 31.9. The van der Waals surface area contributed by atoms with Gasteiger partial charge in [0.2, 0.25) is 0 Å². The van der Waals surface area contributed by atoms with Gasteiger partial charge in [0.15, 0.2) is 6.10 Å². The van der Waals surface area contributed by atoms with Gasteiger partial charge in [-0.1, -0.05) is 24.3 Å². The molecule has 0 spiro atoms. The molecule has 1 amide bonds. The average Bonchev–Trinajstić information content (AvgIpc) is 2.77. The van der Waals surface area contributed by atoms with Crippen molar-refractivity contribution in [3.8, 4) is 0 Å². The molecule has 0 radical (unpaired) electrons. The Hall–Kier alpha value is -2.61. The van der Waals surface area contributed by atoms with Gasteiger partial charge >= 0.3 is 5.97 Å². The molecule has 2 aromatic rings. The first kappa shape index (κ1) is 19.2. The fraction of sp³-hybridized carbons (Fsp3) is 0.368. The second-order valence-electron chi connectivity index (χ2n) is 7.51. The zero-order chi connectivity index (χ0) is 20.0. The van der Waals surface area contributed by atoms with E-state index in [9.17, 15) is 18.0 Å². The summed E-state index contributed by atoms with van der Waals surface area (Å²) in [6.45, 7) is 6.40. The highest BCUT2D eigenvalue weighted by Crippen LogP contribution is 2.41. The van der Waals surface area contributed by atoms with E-state index in [4.69, 9.17) is 4.74 Å². The third-order valence-electron chi connectivity index (χ3n) is 4.13. The third-order valence-corrected chi connectivity index (χ3v) is 5.93. The minimum absolute atomic E-state index is 0.168. The first-order chi connectivity index (χ1) is 12.5. The van der Waals surface area contributed by atoms with Gasteiger partial charge in [0.1, 0.15) is 6.54 Å². The maximum Gasteiger partial charge on any atom is 0.327 e. The van der Waals surface area contributed by atoms with Crippen LogP contribution in [0.5, 0.6) is 0 Å². The van der Waals surface area contributed by atoms with Crippen molar-refractivity contribution in [1.29, 1.82) is 0 Å². The molecule has 1 atom stereocenters. The van der Waals surface area contributed by atoms with Gasteiger partial charge in [-0.3, -0.25) is 13.9 Å². The number of nitrogens with one attached hydrogen (secondary N) is 1. The third kappa shape index (κ3) is 3.62.